The molecule has 0 N–H and O–H groups in total. The molecule has 188 valence electrons. The van der Waals surface area contributed by atoms with Crippen molar-refractivity contribution >= 4 is 45.6 Å². The summed E-state index contributed by atoms with van der Waals surface area (Å²) in [5.41, 5.74) is 0. The maximum Gasteiger partial charge on any atom is 2.00 e. The zero-order chi connectivity index (χ0) is 22.9. The van der Waals surface area contributed by atoms with Crippen molar-refractivity contribution < 1.29 is 18.9 Å². The minimum Gasteiger partial charge on any atom is -0.790 e. The van der Waals surface area contributed by atoms with Gasteiger partial charge in [-0.15, -0.1) is 0 Å². The molecule has 0 bridgehead atoms. The van der Waals surface area contributed by atoms with Crippen molar-refractivity contribution in [3.63, 3.8) is 0 Å². The number of hydrogen-bond donors (Lipinski definition) is 0. The van der Waals surface area contributed by atoms with E-state index in [0.717, 1.165) is 12.8 Å². The minimum absolute atomic E-state index is 0. The quantitative estimate of drug-likeness (QED) is 0.0689. The minimum atomic E-state index is -4.76. The van der Waals surface area contributed by atoms with Gasteiger partial charge in [-0.2, -0.15) is 0 Å². The van der Waals surface area contributed by atoms with Crippen molar-refractivity contribution in [2.45, 2.75) is 161 Å². The van der Waals surface area contributed by atoms with Crippen molar-refractivity contribution in [2.24, 2.45) is 0 Å². The third-order valence-corrected chi connectivity index (χ3v) is 6.75. The molecule has 6 heteroatoms. The molecule has 0 aliphatic rings. The first kappa shape index (κ1) is 35.5. The number of phosphoric acid groups is 1. The zero-order valence-corrected chi connectivity index (χ0v) is 24.6. The van der Waals surface area contributed by atoms with Gasteiger partial charge in [-0.25, -0.2) is 0 Å². The van der Waals surface area contributed by atoms with E-state index in [1.807, 2.05) is 0 Å². The predicted molar refractivity (Wildman–Crippen MR) is 136 cm³/mol. The normalized spacial score (nSPS) is 11.6. The molecule has 0 aliphatic carbocycles. The summed E-state index contributed by atoms with van der Waals surface area (Å²) in [7, 11) is -4.76. The standard InChI is InChI=1S/C26H55O4P.Ca/c1-2-3-4-5-6-7-8-9-10-11-12-13-14-15-16-17-18-19-20-21-22-23-24-25-26-30-31(27,28)29;/h2-26H2,1H3,(H2,27,28,29);/q;+2/p-2. The molecule has 0 amide bonds. The molecule has 0 radical (unpaired) electrons. The summed E-state index contributed by atoms with van der Waals surface area (Å²) in [6.45, 7) is 2.33. The summed E-state index contributed by atoms with van der Waals surface area (Å²) >= 11 is 0. The van der Waals surface area contributed by atoms with Crippen molar-refractivity contribution in [3.05, 3.63) is 0 Å². The molecule has 0 aliphatic heterocycles. The molecule has 0 heterocycles. The van der Waals surface area contributed by atoms with E-state index in [1.54, 1.807) is 0 Å². The maximum absolute atomic E-state index is 10.3. The molecular weight excluding hydrogens is 447 g/mol. The van der Waals surface area contributed by atoms with E-state index in [1.165, 1.54) is 135 Å². The summed E-state index contributed by atoms with van der Waals surface area (Å²) < 4.78 is 14.5. The van der Waals surface area contributed by atoms with Gasteiger partial charge < -0.3 is 18.9 Å². The number of rotatable bonds is 26. The fourth-order valence-electron chi connectivity index (χ4n) is 4.24. The largest absolute Gasteiger partial charge is 2.00 e. The average Bonchev–Trinajstić information content (AvgIpc) is 2.73. The first-order valence-electron chi connectivity index (χ1n) is 13.7. The Morgan fingerprint density at radius 2 is 0.688 bits per heavy atom. The molecule has 0 aromatic rings. The Morgan fingerprint density at radius 3 is 0.906 bits per heavy atom. The molecule has 4 nitrogen and oxygen atoms in total. The topological polar surface area (TPSA) is 72.4 Å². The van der Waals surface area contributed by atoms with Crippen molar-refractivity contribution in [2.75, 3.05) is 6.61 Å². The predicted octanol–water partition coefficient (Wildman–Crippen LogP) is 7.83. The van der Waals surface area contributed by atoms with Gasteiger partial charge in [-0.1, -0.05) is 155 Å². The molecular formula is C26H53CaO4P. The molecule has 0 unspecified atom stereocenters. The molecule has 0 aromatic carbocycles. The van der Waals surface area contributed by atoms with E-state index in [4.69, 9.17) is 0 Å². The molecule has 32 heavy (non-hydrogen) atoms. The first-order chi connectivity index (χ1) is 15.1. The van der Waals surface area contributed by atoms with Crippen LogP contribution in [-0.2, 0) is 9.09 Å². The Morgan fingerprint density at radius 1 is 0.469 bits per heavy atom. The second-order valence-corrected chi connectivity index (χ2v) is 10.6. The fraction of sp³-hybridized carbons (Fsp3) is 1.00. The van der Waals surface area contributed by atoms with E-state index < -0.39 is 7.82 Å². The van der Waals surface area contributed by atoms with Gasteiger partial charge in [0.15, 0.2) is 0 Å². The number of phosphoric ester groups is 1. The zero-order valence-electron chi connectivity index (χ0n) is 21.5. The van der Waals surface area contributed by atoms with Crippen LogP contribution in [0.3, 0.4) is 0 Å². The fourth-order valence-corrected chi connectivity index (χ4v) is 4.59. The molecule has 0 saturated carbocycles. The Labute approximate surface area is 230 Å². The maximum atomic E-state index is 10.3. The average molecular weight is 501 g/mol. The van der Waals surface area contributed by atoms with Crippen LogP contribution < -0.4 is 9.79 Å². The Hall–Kier alpha value is 1.37. The Bertz CT molecular complexity index is 390. The summed E-state index contributed by atoms with van der Waals surface area (Å²) in [5, 5.41) is 0. The van der Waals surface area contributed by atoms with Crippen LogP contribution in [-0.4, -0.2) is 44.3 Å². The van der Waals surface area contributed by atoms with Gasteiger partial charge in [0.05, 0.1) is 14.4 Å². The molecule has 0 spiro atoms. The second-order valence-electron chi connectivity index (χ2n) is 9.41. The van der Waals surface area contributed by atoms with Crippen molar-refractivity contribution in [1.82, 2.24) is 0 Å². The van der Waals surface area contributed by atoms with E-state index in [-0.39, 0.29) is 44.3 Å². The first-order valence-corrected chi connectivity index (χ1v) is 15.2. The van der Waals surface area contributed by atoms with Gasteiger partial charge in [-0.05, 0) is 6.42 Å². The van der Waals surface area contributed by atoms with Gasteiger partial charge in [0.1, 0.15) is 0 Å². The molecule has 0 atom stereocenters. The van der Waals surface area contributed by atoms with Gasteiger partial charge in [-0.3, -0.25) is 0 Å². The third kappa shape index (κ3) is 33.5. The Kier molecular flexibility index (Phi) is 31.8. The third-order valence-electron chi connectivity index (χ3n) is 6.25. The van der Waals surface area contributed by atoms with Crippen LogP contribution in [0.1, 0.15) is 161 Å². The molecule has 0 rings (SSSR count). The van der Waals surface area contributed by atoms with Gasteiger partial charge in [0, 0.05) is 0 Å². The smallest absolute Gasteiger partial charge is 0.790 e. The van der Waals surface area contributed by atoms with Gasteiger partial charge >= 0.3 is 37.7 Å². The van der Waals surface area contributed by atoms with Gasteiger partial charge in [0.2, 0.25) is 0 Å². The summed E-state index contributed by atoms with van der Waals surface area (Å²) in [5.74, 6) is 0. The van der Waals surface area contributed by atoms with Crippen LogP contribution in [0.15, 0.2) is 0 Å². The monoisotopic (exact) mass is 500 g/mol. The molecule has 0 saturated heterocycles. The second kappa shape index (κ2) is 28.6. The molecule has 0 fully saturated rings. The van der Waals surface area contributed by atoms with Crippen LogP contribution in [0, 0.1) is 0 Å². The van der Waals surface area contributed by atoms with Crippen LogP contribution >= 0.6 is 7.82 Å². The van der Waals surface area contributed by atoms with E-state index in [0.29, 0.717) is 6.42 Å². The summed E-state index contributed by atoms with van der Waals surface area (Å²) in [4.78, 5) is 20.6. The number of hydrogen-bond acceptors (Lipinski definition) is 4. The van der Waals surface area contributed by atoms with Gasteiger partial charge in [0.25, 0.3) is 0 Å². The summed E-state index contributed by atoms with van der Waals surface area (Å²) in [6, 6.07) is 0. The summed E-state index contributed by atoms with van der Waals surface area (Å²) in [6.07, 6.45) is 32.1. The van der Waals surface area contributed by atoms with E-state index in [2.05, 4.69) is 11.4 Å². The van der Waals surface area contributed by atoms with Crippen molar-refractivity contribution in [3.8, 4) is 0 Å². The van der Waals surface area contributed by atoms with E-state index >= 15 is 0 Å². The van der Waals surface area contributed by atoms with Crippen LogP contribution in [0.4, 0.5) is 0 Å². The van der Waals surface area contributed by atoms with Crippen LogP contribution in [0.2, 0.25) is 0 Å². The SMILES string of the molecule is CCCCCCCCCCCCCCCCCCCCCCCCCCOP(=O)([O-])[O-].[Ca+2]. The van der Waals surface area contributed by atoms with Crippen LogP contribution in [0.25, 0.3) is 0 Å². The molecule has 0 aromatic heterocycles. The number of unbranched alkanes of at least 4 members (excludes halogenated alkanes) is 23. The van der Waals surface area contributed by atoms with Crippen LogP contribution in [0.5, 0.6) is 0 Å². The Balaban J connectivity index is 0. The van der Waals surface area contributed by atoms with Crippen molar-refractivity contribution in [1.29, 1.82) is 0 Å². The van der Waals surface area contributed by atoms with E-state index in [9.17, 15) is 14.4 Å².